The molecule has 1 aromatic heterocycles. The highest BCUT2D eigenvalue weighted by molar-refractivity contribution is 5.25. The maximum Gasteiger partial charge on any atom is 0.244 e. The minimum absolute atomic E-state index is 0.0925. The van der Waals surface area contributed by atoms with Gasteiger partial charge in [-0.1, -0.05) is 0 Å². The molecule has 0 bridgehead atoms. The summed E-state index contributed by atoms with van der Waals surface area (Å²) in [5.74, 6) is 1.64. The van der Waals surface area contributed by atoms with Gasteiger partial charge in [0, 0.05) is 20.5 Å². The minimum Gasteiger partial charge on any atom is -0.394 e. The third-order valence-corrected chi connectivity index (χ3v) is 2.28. The second-order valence-electron chi connectivity index (χ2n) is 3.88. The molecule has 0 spiro atoms. The highest BCUT2D eigenvalue weighted by Crippen LogP contribution is 2.08. The third kappa shape index (κ3) is 3.46. The fourth-order valence-electron chi connectivity index (χ4n) is 1.43. The first-order valence-corrected chi connectivity index (χ1v) is 5.55. The lowest BCUT2D eigenvalue weighted by molar-refractivity contribution is 0.267. The molecule has 6 nitrogen and oxygen atoms in total. The molecule has 0 aliphatic heterocycles. The van der Waals surface area contributed by atoms with E-state index in [0.29, 0.717) is 12.5 Å². The van der Waals surface area contributed by atoms with E-state index < -0.39 is 0 Å². The SMILES string of the molecule is CNCCCc1nc(N(C)C)nn1CCO. The molecule has 6 heteroatoms. The van der Waals surface area contributed by atoms with Crippen molar-refractivity contribution < 1.29 is 5.11 Å². The van der Waals surface area contributed by atoms with Crippen molar-refractivity contribution >= 4 is 5.95 Å². The van der Waals surface area contributed by atoms with Gasteiger partial charge in [0.1, 0.15) is 5.82 Å². The fraction of sp³-hybridized carbons (Fsp3) is 0.800. The molecule has 0 unspecified atom stereocenters. The van der Waals surface area contributed by atoms with Crippen molar-refractivity contribution in [3.63, 3.8) is 0 Å². The lowest BCUT2D eigenvalue weighted by Crippen LogP contribution is -2.13. The predicted molar refractivity (Wildman–Crippen MR) is 63.7 cm³/mol. The summed E-state index contributed by atoms with van der Waals surface area (Å²) >= 11 is 0. The van der Waals surface area contributed by atoms with Crippen LogP contribution in [-0.2, 0) is 13.0 Å². The van der Waals surface area contributed by atoms with Crippen LogP contribution in [0.4, 0.5) is 5.95 Å². The van der Waals surface area contributed by atoms with E-state index in [4.69, 9.17) is 5.11 Å². The zero-order valence-corrected chi connectivity index (χ0v) is 10.3. The lowest BCUT2D eigenvalue weighted by Gasteiger charge is -2.04. The monoisotopic (exact) mass is 227 g/mol. The van der Waals surface area contributed by atoms with Crippen LogP contribution in [-0.4, -0.2) is 54.2 Å². The first-order chi connectivity index (χ1) is 7.69. The number of anilines is 1. The third-order valence-electron chi connectivity index (χ3n) is 2.28. The van der Waals surface area contributed by atoms with Crippen molar-refractivity contribution in [2.24, 2.45) is 0 Å². The van der Waals surface area contributed by atoms with Gasteiger partial charge in [-0.3, -0.25) is 0 Å². The van der Waals surface area contributed by atoms with Crippen molar-refractivity contribution in [1.29, 1.82) is 0 Å². The Bertz CT molecular complexity index is 310. The average molecular weight is 227 g/mol. The summed E-state index contributed by atoms with van der Waals surface area (Å²) < 4.78 is 1.78. The van der Waals surface area contributed by atoms with Gasteiger partial charge in [0.15, 0.2) is 0 Å². The highest BCUT2D eigenvalue weighted by Gasteiger charge is 2.10. The van der Waals surface area contributed by atoms with Crippen molar-refractivity contribution in [1.82, 2.24) is 20.1 Å². The van der Waals surface area contributed by atoms with Gasteiger partial charge in [-0.25, -0.2) is 4.68 Å². The topological polar surface area (TPSA) is 66.2 Å². The Labute approximate surface area is 96.3 Å². The molecule has 0 radical (unpaired) electrons. The number of hydrogen-bond acceptors (Lipinski definition) is 5. The minimum atomic E-state index is 0.0925. The van der Waals surface area contributed by atoms with E-state index >= 15 is 0 Å². The molecule has 1 aromatic rings. The van der Waals surface area contributed by atoms with Gasteiger partial charge in [0.05, 0.1) is 13.2 Å². The Morgan fingerprint density at radius 1 is 1.44 bits per heavy atom. The summed E-state index contributed by atoms with van der Waals surface area (Å²) in [5, 5.41) is 16.4. The molecule has 92 valence electrons. The number of rotatable bonds is 7. The van der Waals surface area contributed by atoms with Crippen LogP contribution in [0.25, 0.3) is 0 Å². The molecule has 0 saturated heterocycles. The summed E-state index contributed by atoms with van der Waals surface area (Å²) in [4.78, 5) is 6.31. The van der Waals surface area contributed by atoms with Gasteiger partial charge in [0.2, 0.25) is 5.95 Å². The number of aliphatic hydroxyl groups is 1. The molecule has 0 aliphatic carbocycles. The van der Waals surface area contributed by atoms with Crippen molar-refractivity contribution in [3.8, 4) is 0 Å². The van der Waals surface area contributed by atoms with E-state index in [1.807, 2.05) is 26.0 Å². The smallest absolute Gasteiger partial charge is 0.244 e. The Morgan fingerprint density at radius 3 is 2.75 bits per heavy atom. The Hall–Kier alpha value is -1.14. The van der Waals surface area contributed by atoms with Gasteiger partial charge < -0.3 is 15.3 Å². The van der Waals surface area contributed by atoms with Crippen molar-refractivity contribution in [3.05, 3.63) is 5.82 Å². The second kappa shape index (κ2) is 6.44. The first-order valence-electron chi connectivity index (χ1n) is 5.55. The molecule has 0 atom stereocenters. The summed E-state index contributed by atoms with van der Waals surface area (Å²) in [6.07, 6.45) is 1.90. The first kappa shape index (κ1) is 12.9. The Kier molecular flexibility index (Phi) is 5.21. The number of nitrogens with one attached hydrogen (secondary N) is 1. The van der Waals surface area contributed by atoms with Gasteiger partial charge in [-0.05, 0) is 20.0 Å². The molecular formula is C10H21N5O. The molecular weight excluding hydrogens is 206 g/mol. The van der Waals surface area contributed by atoms with Crippen LogP contribution in [0.15, 0.2) is 0 Å². The Morgan fingerprint density at radius 2 is 2.19 bits per heavy atom. The van der Waals surface area contributed by atoms with Gasteiger partial charge in [0.25, 0.3) is 0 Å². The number of hydrogen-bond donors (Lipinski definition) is 2. The van der Waals surface area contributed by atoms with E-state index in [2.05, 4.69) is 15.4 Å². The van der Waals surface area contributed by atoms with E-state index in [9.17, 15) is 0 Å². The highest BCUT2D eigenvalue weighted by atomic mass is 16.3. The summed E-state index contributed by atoms with van der Waals surface area (Å²) in [7, 11) is 5.76. The predicted octanol–water partition coefficient (Wildman–Crippen LogP) is -0.512. The van der Waals surface area contributed by atoms with E-state index in [1.165, 1.54) is 0 Å². The molecule has 0 aliphatic rings. The molecule has 0 amide bonds. The van der Waals surface area contributed by atoms with Crippen LogP contribution in [0.5, 0.6) is 0 Å². The van der Waals surface area contributed by atoms with Crippen LogP contribution < -0.4 is 10.2 Å². The number of nitrogens with zero attached hydrogens (tertiary/aromatic N) is 4. The lowest BCUT2D eigenvalue weighted by atomic mass is 10.3. The number of aromatic nitrogens is 3. The summed E-state index contributed by atoms with van der Waals surface area (Å²) in [6.45, 7) is 1.56. The standard InChI is InChI=1S/C10H21N5O/c1-11-6-4-5-9-12-10(14(2)3)13-15(9)7-8-16/h11,16H,4-8H2,1-3H3. The summed E-state index contributed by atoms with van der Waals surface area (Å²) in [5.41, 5.74) is 0. The molecule has 1 rings (SSSR count). The van der Waals surface area contributed by atoms with E-state index in [-0.39, 0.29) is 6.61 Å². The van der Waals surface area contributed by atoms with Crippen molar-refractivity contribution in [2.45, 2.75) is 19.4 Å². The molecule has 2 N–H and O–H groups in total. The Balaban J connectivity index is 2.70. The van der Waals surface area contributed by atoms with Gasteiger partial charge >= 0.3 is 0 Å². The molecule has 0 aromatic carbocycles. The van der Waals surface area contributed by atoms with Crippen LogP contribution in [0, 0.1) is 0 Å². The van der Waals surface area contributed by atoms with Gasteiger partial charge in [-0.15, -0.1) is 5.10 Å². The van der Waals surface area contributed by atoms with Crippen LogP contribution in [0.2, 0.25) is 0 Å². The molecule has 1 heterocycles. The zero-order valence-electron chi connectivity index (χ0n) is 10.3. The van der Waals surface area contributed by atoms with Crippen LogP contribution >= 0.6 is 0 Å². The maximum absolute atomic E-state index is 8.95. The van der Waals surface area contributed by atoms with Crippen LogP contribution in [0.3, 0.4) is 0 Å². The maximum atomic E-state index is 8.95. The van der Waals surface area contributed by atoms with E-state index in [1.54, 1.807) is 4.68 Å². The number of aliphatic hydroxyl groups excluding tert-OH is 1. The number of aryl methyl sites for hydroxylation is 1. The quantitative estimate of drug-likeness (QED) is 0.614. The van der Waals surface area contributed by atoms with Crippen LogP contribution in [0.1, 0.15) is 12.2 Å². The second-order valence-corrected chi connectivity index (χ2v) is 3.88. The van der Waals surface area contributed by atoms with Gasteiger partial charge in [-0.2, -0.15) is 4.98 Å². The van der Waals surface area contributed by atoms with Crippen molar-refractivity contribution in [2.75, 3.05) is 39.2 Å². The fourth-order valence-corrected chi connectivity index (χ4v) is 1.43. The normalized spacial score (nSPS) is 10.8. The molecule has 16 heavy (non-hydrogen) atoms. The average Bonchev–Trinajstić information content (AvgIpc) is 2.63. The zero-order chi connectivity index (χ0) is 12.0. The van der Waals surface area contributed by atoms with E-state index in [0.717, 1.165) is 25.2 Å². The largest absolute Gasteiger partial charge is 0.394 e. The summed E-state index contributed by atoms with van der Waals surface area (Å²) in [6, 6.07) is 0. The molecule has 0 fully saturated rings. The molecule has 0 saturated carbocycles.